The van der Waals surface area contributed by atoms with E-state index in [4.69, 9.17) is 8.83 Å². The quantitative estimate of drug-likeness (QED) is 0.128. The highest BCUT2D eigenvalue weighted by atomic mass is 28.3. The van der Waals surface area contributed by atoms with Crippen LogP contribution in [0.5, 0.6) is 0 Å². The van der Waals surface area contributed by atoms with E-state index in [2.05, 4.69) is 406 Å². The van der Waals surface area contributed by atoms with Gasteiger partial charge in [-0.2, -0.15) is 0 Å². The van der Waals surface area contributed by atoms with Crippen molar-refractivity contribution >= 4 is 126 Å². The molecule has 6 heteroatoms. The molecule has 0 radical (unpaired) electrons. The largest absolute Gasteiger partial charge is 0.455 e. The van der Waals surface area contributed by atoms with Gasteiger partial charge in [0.1, 0.15) is 22.3 Å². The van der Waals surface area contributed by atoms with Gasteiger partial charge in [-0.1, -0.05) is 333 Å². The maximum absolute atomic E-state index is 7.25. The molecule has 0 fully saturated rings. The number of fused-ring (bicyclic) bond motifs is 26. The van der Waals surface area contributed by atoms with Gasteiger partial charge in [0.05, 0.1) is 38.4 Å². The van der Waals surface area contributed by atoms with Gasteiger partial charge < -0.3 is 18.6 Å². The molecule has 22 rings (SSSR count). The molecule has 0 amide bonds. The topological polar surface area (TPSA) is 32.8 Å². The van der Waals surface area contributed by atoms with E-state index < -0.39 is 27.0 Å². The molecule has 4 aliphatic carbocycles. The molecule has 0 aliphatic heterocycles. The van der Waals surface area contributed by atoms with E-state index in [-0.39, 0.29) is 10.8 Å². The minimum Gasteiger partial charge on any atom is -0.455 e. The van der Waals surface area contributed by atoms with Gasteiger partial charge in [-0.15, -0.1) is 0 Å². The number of nitrogens with zero attached hydrogens (tertiary/aromatic N) is 2. The molecule has 2 heterocycles. The minimum absolute atomic E-state index is 0.000252. The molecule has 4 aliphatic rings. The maximum atomic E-state index is 7.25. The Bertz CT molecular complexity index is 6990. The lowest BCUT2D eigenvalue weighted by Gasteiger charge is -2.40. The third-order valence-electron chi connectivity index (χ3n) is 26.4. The van der Waals surface area contributed by atoms with E-state index >= 15 is 0 Å². The summed E-state index contributed by atoms with van der Waals surface area (Å²) in [5.74, 6) is 0. The molecule has 550 valence electrons. The zero-order valence-electron chi connectivity index (χ0n) is 66.5. The SMILES string of the molecule is CC(C)(C)c1ccc(N(c2ccc(C(C)(C)C)cc2)c2ccc3c4c(cccc24)C2(c4ccccc4-c4cc(C[Si](C)(C)c5ccc(N(c6ccc([Si](C)(C)C)cc6)c6ccc7c8c(cccc68)C6(c8ccccc8-c8ccccc86)c6ccc8c(oc9ccccc98)c6-7)cc5)ccc42)c2ccc4c(oc5ccccc54)c2-3)cc1. The van der Waals surface area contributed by atoms with Crippen molar-refractivity contribution in [3.05, 3.63) is 383 Å². The molecule has 2 spiro atoms. The summed E-state index contributed by atoms with van der Waals surface area (Å²) in [4.78, 5) is 5.03. The molecule has 18 aromatic rings. The van der Waals surface area contributed by atoms with E-state index in [9.17, 15) is 0 Å². The van der Waals surface area contributed by atoms with Crippen LogP contribution in [0.4, 0.5) is 34.1 Å². The number of hydrogen-bond donors (Lipinski definition) is 0. The Balaban J connectivity index is 0.685. The van der Waals surface area contributed by atoms with Crippen molar-refractivity contribution in [1.82, 2.24) is 0 Å². The fraction of sp³-hybridized carbons (Fsp3) is 0.148. The zero-order chi connectivity index (χ0) is 77.3. The Morgan fingerprint density at radius 1 is 0.289 bits per heavy atom. The second-order valence-corrected chi connectivity index (χ2v) is 46.1. The van der Waals surface area contributed by atoms with Gasteiger partial charge in [0, 0.05) is 66.2 Å². The molecule has 0 N–H and O–H groups in total. The lowest BCUT2D eigenvalue weighted by Crippen LogP contribution is -2.44. The summed E-state index contributed by atoms with van der Waals surface area (Å²) in [5.41, 5.74) is 33.2. The summed E-state index contributed by atoms with van der Waals surface area (Å²) in [5, 5.41) is 12.3. The highest BCUT2D eigenvalue weighted by Gasteiger charge is 2.53. The Hall–Kier alpha value is -12.3. The first-order chi connectivity index (χ1) is 55.2. The molecule has 0 saturated carbocycles. The molecular formula is C108H88N2O2Si2. The van der Waals surface area contributed by atoms with Crippen molar-refractivity contribution < 1.29 is 8.83 Å². The predicted octanol–water partition coefficient (Wildman–Crippen LogP) is 28.3. The summed E-state index contributed by atoms with van der Waals surface area (Å²) < 4.78 is 14.4. The number of anilines is 6. The number of rotatable bonds is 10. The normalized spacial score (nSPS) is 14.9. The summed E-state index contributed by atoms with van der Waals surface area (Å²) in [6.07, 6.45) is 0. The van der Waals surface area contributed by atoms with Gasteiger partial charge in [0.25, 0.3) is 0 Å². The van der Waals surface area contributed by atoms with Crippen LogP contribution in [0.1, 0.15) is 103 Å². The molecule has 1 atom stereocenters. The average molecular weight is 1500 g/mol. The lowest BCUT2D eigenvalue weighted by atomic mass is 9.61. The van der Waals surface area contributed by atoms with Crippen LogP contribution in [0, 0.1) is 0 Å². The minimum atomic E-state index is -2.27. The van der Waals surface area contributed by atoms with Gasteiger partial charge in [0.15, 0.2) is 0 Å². The molecule has 0 bridgehead atoms. The van der Waals surface area contributed by atoms with Crippen LogP contribution in [0.15, 0.2) is 330 Å². The Labute approximate surface area is 669 Å². The van der Waals surface area contributed by atoms with E-state index in [1.54, 1.807) is 0 Å². The number of hydrogen-bond acceptors (Lipinski definition) is 4. The molecule has 16 aromatic carbocycles. The molecular weight excluding hydrogens is 1410 g/mol. The Morgan fingerprint density at radius 2 is 0.649 bits per heavy atom. The van der Waals surface area contributed by atoms with Gasteiger partial charge in [-0.05, 0) is 195 Å². The van der Waals surface area contributed by atoms with Crippen LogP contribution in [0.3, 0.4) is 0 Å². The molecule has 1 unspecified atom stereocenters. The number of para-hydroxylation sites is 2. The standard InChI is InChI=1S/C108H88N2O2Si2/c1-105(2,3)67-39-43-69(44-40-67)109(70-45-41-68(42-46-70)106(4,5)6)95-62-57-85-100-82(95)30-23-35-92(100)108(94-61-56-81-79-28-16-21-37-98(79)112-104(81)102(85)94)89-33-19-14-26-77(89)86-64-66(38-59-90(86)108)65-114(10,11)74-53-49-72(50-54-74)110(71-47-51-73(52-48-71)113(7,8)9)96-63-58-84-99-83(96)29-22-34-91(99)107(87-31-17-12-24-75(87)76-25-13-18-32-88(76)107)93-60-55-80-78-27-15-20-36-97(78)111-103(80)101(84)93/h12-64H,65H2,1-11H3. The second kappa shape index (κ2) is 24.3. The van der Waals surface area contributed by atoms with E-state index in [0.717, 1.165) is 89.6 Å². The predicted molar refractivity (Wildman–Crippen MR) is 486 cm³/mol. The van der Waals surface area contributed by atoms with Crippen LogP contribution in [-0.2, 0) is 27.7 Å². The van der Waals surface area contributed by atoms with Crippen molar-refractivity contribution in [2.45, 2.75) is 102 Å². The third-order valence-corrected chi connectivity index (χ3v) is 31.6. The zero-order valence-corrected chi connectivity index (χ0v) is 68.5. The van der Waals surface area contributed by atoms with E-state index in [0.29, 0.717) is 0 Å². The monoisotopic (exact) mass is 1500 g/mol. The number of furan rings is 2. The second-order valence-electron chi connectivity index (χ2n) is 36.3. The van der Waals surface area contributed by atoms with Crippen LogP contribution >= 0.6 is 0 Å². The average Bonchev–Trinajstić information content (AvgIpc) is 1.45. The van der Waals surface area contributed by atoms with Crippen molar-refractivity contribution in [3.63, 3.8) is 0 Å². The molecule has 2 aromatic heterocycles. The number of benzene rings is 16. The van der Waals surface area contributed by atoms with Crippen LogP contribution < -0.4 is 20.2 Å². The lowest BCUT2D eigenvalue weighted by molar-refractivity contribution is 0.590. The van der Waals surface area contributed by atoms with Crippen molar-refractivity contribution in [1.29, 1.82) is 0 Å². The van der Waals surface area contributed by atoms with Crippen molar-refractivity contribution in [3.8, 4) is 44.5 Å². The first kappa shape index (κ1) is 68.5. The molecule has 0 saturated heterocycles. The van der Waals surface area contributed by atoms with Crippen LogP contribution in [-0.4, -0.2) is 16.1 Å². The Morgan fingerprint density at radius 3 is 1.08 bits per heavy atom. The van der Waals surface area contributed by atoms with Gasteiger partial charge in [-0.3, -0.25) is 0 Å². The summed E-state index contributed by atoms with van der Waals surface area (Å²) in [6.45, 7) is 26.3. The van der Waals surface area contributed by atoms with Crippen molar-refractivity contribution in [2.24, 2.45) is 0 Å². The van der Waals surface area contributed by atoms with Gasteiger partial charge in [-0.25, -0.2) is 0 Å². The van der Waals surface area contributed by atoms with Crippen LogP contribution in [0.2, 0.25) is 32.7 Å². The van der Waals surface area contributed by atoms with Gasteiger partial charge in [0.2, 0.25) is 0 Å². The first-order valence-corrected chi connectivity index (χ1v) is 47.4. The van der Waals surface area contributed by atoms with Crippen LogP contribution in [0.25, 0.3) is 110 Å². The summed E-state index contributed by atoms with van der Waals surface area (Å²) >= 11 is 0. The fourth-order valence-corrected chi connectivity index (χ4v) is 24.6. The fourth-order valence-electron chi connectivity index (χ4n) is 20.9. The Kier molecular flexibility index (Phi) is 14.6. The van der Waals surface area contributed by atoms with E-state index in [1.807, 2.05) is 0 Å². The first-order valence-electron chi connectivity index (χ1n) is 40.7. The summed E-state index contributed by atoms with van der Waals surface area (Å²) in [7, 11) is -3.93. The maximum Gasteiger partial charge on any atom is 0.143 e. The van der Waals surface area contributed by atoms with E-state index in [1.165, 1.54) is 132 Å². The highest BCUT2D eigenvalue weighted by molar-refractivity contribution is 6.89. The van der Waals surface area contributed by atoms with Gasteiger partial charge >= 0.3 is 0 Å². The van der Waals surface area contributed by atoms with Crippen molar-refractivity contribution in [2.75, 3.05) is 9.80 Å². The molecule has 114 heavy (non-hydrogen) atoms. The third kappa shape index (κ3) is 9.68. The highest BCUT2D eigenvalue weighted by Crippen LogP contribution is 2.67. The summed E-state index contributed by atoms with van der Waals surface area (Å²) in [6, 6.07) is 125. The molecule has 4 nitrogen and oxygen atoms in total. The smallest absolute Gasteiger partial charge is 0.143 e.